The Kier molecular flexibility index (Phi) is 11.0. The quantitative estimate of drug-likeness (QED) is 0.194. The molecule has 0 bridgehead atoms. The van der Waals surface area contributed by atoms with Crippen LogP contribution in [0.2, 0.25) is 5.02 Å². The predicted molar refractivity (Wildman–Crippen MR) is 157 cm³/mol. The van der Waals surface area contributed by atoms with Crippen molar-refractivity contribution in [1.29, 1.82) is 0 Å². The van der Waals surface area contributed by atoms with Crippen LogP contribution in [0.1, 0.15) is 40.1 Å². The Hall–Kier alpha value is -3.61. The minimum atomic E-state index is -4.74. The molecule has 13 heteroatoms. The molecule has 0 aliphatic carbocycles. The zero-order valence-corrected chi connectivity index (χ0v) is 25.2. The third-order valence-corrected chi connectivity index (χ3v) is 6.99. The molecule has 0 fully saturated rings. The van der Waals surface area contributed by atoms with Crippen LogP contribution >= 0.6 is 27.5 Å². The molecule has 8 nitrogen and oxygen atoms in total. The molecule has 224 valence electrons. The fourth-order valence-electron chi connectivity index (χ4n) is 3.46. The minimum absolute atomic E-state index is 0.0137. The van der Waals surface area contributed by atoms with Gasteiger partial charge in [-0.3, -0.25) is 14.4 Å². The number of ether oxygens (including phenoxy) is 2. The number of amides is 3. The van der Waals surface area contributed by atoms with Crippen molar-refractivity contribution in [2.75, 3.05) is 31.0 Å². The van der Waals surface area contributed by atoms with Crippen molar-refractivity contribution < 1.29 is 37.0 Å². The van der Waals surface area contributed by atoms with E-state index in [2.05, 4.69) is 31.9 Å². The Morgan fingerprint density at radius 3 is 2.12 bits per heavy atom. The molecule has 0 aromatic heterocycles. The highest BCUT2D eigenvalue weighted by molar-refractivity contribution is 9.10. The third-order valence-electron chi connectivity index (χ3n) is 6.13. The maximum atomic E-state index is 13.2. The number of carbonyl (C=O) groups excluding carboxylic acids is 3. The van der Waals surface area contributed by atoms with Crippen molar-refractivity contribution >= 4 is 56.6 Å². The molecule has 3 aromatic rings. The fraction of sp³-hybridized carbons (Fsp3) is 0.276. The Bertz CT molecular complexity index is 1450. The second-order valence-electron chi connectivity index (χ2n) is 9.59. The van der Waals surface area contributed by atoms with E-state index in [-0.39, 0.29) is 47.3 Å². The van der Waals surface area contributed by atoms with Gasteiger partial charge in [0.15, 0.2) is 0 Å². The van der Waals surface area contributed by atoms with Crippen LogP contribution in [0.3, 0.4) is 0 Å². The van der Waals surface area contributed by atoms with Gasteiger partial charge in [-0.1, -0.05) is 33.6 Å². The summed E-state index contributed by atoms with van der Waals surface area (Å²) in [5.41, 5.74) is -1.30. The molecule has 42 heavy (non-hydrogen) atoms. The summed E-state index contributed by atoms with van der Waals surface area (Å²) in [4.78, 5) is 38.4. The molecule has 3 amide bonds. The van der Waals surface area contributed by atoms with E-state index in [1.54, 1.807) is 24.3 Å². The number of hydrogen-bond acceptors (Lipinski definition) is 5. The third kappa shape index (κ3) is 8.46. The highest BCUT2D eigenvalue weighted by atomic mass is 79.9. The lowest BCUT2D eigenvalue weighted by molar-refractivity contribution is -0.211. The number of alkyl halides is 3. The van der Waals surface area contributed by atoms with Gasteiger partial charge in [-0.05, 0) is 74.0 Å². The molecule has 0 radical (unpaired) electrons. The van der Waals surface area contributed by atoms with Crippen LogP contribution in [-0.4, -0.2) is 44.2 Å². The maximum absolute atomic E-state index is 13.2. The molecule has 0 saturated carbocycles. The molecule has 0 aliphatic heterocycles. The van der Waals surface area contributed by atoms with E-state index in [0.29, 0.717) is 11.3 Å². The van der Waals surface area contributed by atoms with Crippen LogP contribution in [0.25, 0.3) is 0 Å². The van der Waals surface area contributed by atoms with E-state index in [1.165, 1.54) is 43.5 Å². The number of benzene rings is 3. The second-order valence-corrected chi connectivity index (χ2v) is 10.9. The number of anilines is 2. The monoisotopic (exact) mass is 669 g/mol. The van der Waals surface area contributed by atoms with Crippen LogP contribution in [0, 0.1) is 5.41 Å². The average molecular weight is 671 g/mol. The van der Waals surface area contributed by atoms with Crippen molar-refractivity contribution in [3.8, 4) is 5.75 Å². The molecule has 0 unspecified atom stereocenters. The number of halogens is 5. The Morgan fingerprint density at radius 1 is 0.857 bits per heavy atom. The van der Waals surface area contributed by atoms with Crippen molar-refractivity contribution in [2.24, 2.45) is 5.41 Å². The largest absolute Gasteiger partial charge is 0.490 e. The highest BCUT2D eigenvalue weighted by Gasteiger charge is 2.52. The normalized spacial score (nSPS) is 11.5. The summed E-state index contributed by atoms with van der Waals surface area (Å²) in [5.74, 6) is -2.08. The summed E-state index contributed by atoms with van der Waals surface area (Å²) in [6.07, 6.45) is -4.74. The summed E-state index contributed by atoms with van der Waals surface area (Å²) in [6.45, 7) is 1.77. The van der Waals surface area contributed by atoms with Crippen LogP contribution in [0.15, 0.2) is 65.1 Å². The van der Waals surface area contributed by atoms with Gasteiger partial charge in [0.1, 0.15) is 17.8 Å². The number of carbonyl (C=O) groups is 3. The zero-order valence-electron chi connectivity index (χ0n) is 22.8. The Morgan fingerprint density at radius 2 is 1.48 bits per heavy atom. The van der Waals surface area contributed by atoms with Gasteiger partial charge >= 0.3 is 6.18 Å². The van der Waals surface area contributed by atoms with Gasteiger partial charge in [0, 0.05) is 29.5 Å². The summed E-state index contributed by atoms with van der Waals surface area (Å²) < 4.78 is 51.1. The van der Waals surface area contributed by atoms with E-state index in [1.807, 2.05) is 0 Å². The predicted octanol–water partition coefficient (Wildman–Crippen LogP) is 6.84. The summed E-state index contributed by atoms with van der Waals surface area (Å²) >= 11 is 9.58. The molecule has 0 saturated heterocycles. The smallest absolute Gasteiger partial charge is 0.402 e. The molecule has 0 atom stereocenters. The standard InChI is InChI=1S/C29H28BrClF3N3O5/c1-28(2,29(32,33)34)27(40)35-16-17-4-10-23(31)21(14-17)25(38)37-20-9-11-24(42-13-12-41-3)22(15-20)26(39)36-19-7-5-18(30)6-8-19/h4-11,14-15H,12-13,16H2,1-3H3,(H,35,40)(H,36,39)(H,37,38). The first-order valence-electron chi connectivity index (χ1n) is 12.5. The lowest BCUT2D eigenvalue weighted by atomic mass is 9.91. The molecule has 0 heterocycles. The van der Waals surface area contributed by atoms with Crippen molar-refractivity contribution in [3.05, 3.63) is 86.8 Å². The summed E-state index contributed by atoms with van der Waals surface area (Å²) in [6, 6.07) is 15.7. The lowest BCUT2D eigenvalue weighted by Gasteiger charge is -2.26. The first kappa shape index (κ1) is 32.9. The highest BCUT2D eigenvalue weighted by Crippen LogP contribution is 2.37. The average Bonchev–Trinajstić information content (AvgIpc) is 2.93. The minimum Gasteiger partial charge on any atom is -0.490 e. The van der Waals surface area contributed by atoms with Crippen molar-refractivity contribution in [2.45, 2.75) is 26.6 Å². The fourth-order valence-corrected chi connectivity index (χ4v) is 3.93. The number of hydrogen-bond donors (Lipinski definition) is 3. The number of nitrogens with one attached hydrogen (secondary N) is 3. The second kappa shape index (κ2) is 14.0. The molecule has 0 aliphatic rings. The summed E-state index contributed by atoms with van der Waals surface area (Å²) in [5, 5.41) is 7.77. The van der Waals surface area contributed by atoms with Crippen LogP contribution in [-0.2, 0) is 16.1 Å². The molecule has 3 rings (SSSR count). The van der Waals surface area contributed by atoms with Gasteiger partial charge in [0.05, 0.1) is 22.8 Å². The number of rotatable bonds is 11. The SMILES string of the molecule is COCCOc1ccc(NC(=O)c2cc(CNC(=O)C(C)(C)C(F)(F)F)ccc2Cl)cc1C(=O)Nc1ccc(Br)cc1. The van der Waals surface area contributed by atoms with Crippen LogP contribution in [0.4, 0.5) is 24.5 Å². The van der Waals surface area contributed by atoms with E-state index in [4.69, 9.17) is 21.1 Å². The van der Waals surface area contributed by atoms with E-state index in [0.717, 1.165) is 18.3 Å². The molecule has 3 N–H and O–H groups in total. The molecular formula is C29H28BrClF3N3O5. The Balaban J connectivity index is 1.80. The topological polar surface area (TPSA) is 106 Å². The lowest BCUT2D eigenvalue weighted by Crippen LogP contribution is -2.46. The zero-order chi connectivity index (χ0) is 31.1. The molecular weight excluding hydrogens is 643 g/mol. The summed E-state index contributed by atoms with van der Waals surface area (Å²) in [7, 11) is 1.51. The van der Waals surface area contributed by atoms with Crippen LogP contribution < -0.4 is 20.7 Å². The van der Waals surface area contributed by atoms with Gasteiger partial charge in [-0.25, -0.2) is 0 Å². The van der Waals surface area contributed by atoms with Crippen molar-refractivity contribution in [1.82, 2.24) is 5.32 Å². The Labute approximate surface area is 254 Å². The molecule has 3 aromatic carbocycles. The van der Waals surface area contributed by atoms with Gasteiger partial charge in [0.2, 0.25) is 5.91 Å². The van der Waals surface area contributed by atoms with E-state index in [9.17, 15) is 27.6 Å². The molecule has 0 spiro atoms. The van der Waals surface area contributed by atoms with E-state index < -0.39 is 29.3 Å². The van der Waals surface area contributed by atoms with Gasteiger partial charge in [0.25, 0.3) is 11.8 Å². The van der Waals surface area contributed by atoms with Gasteiger partial charge < -0.3 is 25.4 Å². The van der Waals surface area contributed by atoms with Crippen molar-refractivity contribution in [3.63, 3.8) is 0 Å². The first-order chi connectivity index (χ1) is 19.7. The van der Waals surface area contributed by atoms with Gasteiger partial charge in [-0.2, -0.15) is 13.2 Å². The first-order valence-corrected chi connectivity index (χ1v) is 13.7. The maximum Gasteiger partial charge on any atom is 0.402 e. The number of methoxy groups -OCH3 is 1. The van der Waals surface area contributed by atoms with Gasteiger partial charge in [-0.15, -0.1) is 0 Å². The van der Waals surface area contributed by atoms with E-state index >= 15 is 0 Å². The van der Waals surface area contributed by atoms with Crippen LogP contribution in [0.5, 0.6) is 5.75 Å².